The number of piperidine rings is 1. The molecule has 11 nitrogen and oxygen atoms in total. The second-order valence-electron chi connectivity index (χ2n) is 8.93. The van der Waals surface area contributed by atoms with E-state index in [0.29, 0.717) is 40.1 Å². The van der Waals surface area contributed by atoms with E-state index in [9.17, 15) is 19.2 Å². The molecule has 3 amide bonds. The Balaban J connectivity index is 1.30. The molecule has 6 rings (SSSR count). The van der Waals surface area contributed by atoms with Crippen LogP contribution in [0.2, 0.25) is 0 Å². The molecule has 2 aliphatic heterocycles. The molecule has 0 saturated carbocycles. The molecule has 2 aliphatic rings. The van der Waals surface area contributed by atoms with Crippen LogP contribution in [0.5, 0.6) is 0 Å². The highest BCUT2D eigenvalue weighted by molar-refractivity contribution is 6.05. The van der Waals surface area contributed by atoms with Gasteiger partial charge in [0, 0.05) is 24.1 Å². The van der Waals surface area contributed by atoms with Crippen molar-refractivity contribution in [2.24, 2.45) is 0 Å². The van der Waals surface area contributed by atoms with E-state index in [1.54, 1.807) is 52.7 Å². The van der Waals surface area contributed by atoms with E-state index in [0.717, 1.165) is 5.56 Å². The number of imide groups is 1. The van der Waals surface area contributed by atoms with E-state index < -0.39 is 11.9 Å². The minimum absolute atomic E-state index is 0.154. The molecule has 4 aromatic rings. The monoisotopic (exact) mass is 483 g/mol. The van der Waals surface area contributed by atoms with Crippen LogP contribution < -0.4 is 10.9 Å². The van der Waals surface area contributed by atoms with E-state index in [1.165, 1.54) is 4.90 Å². The first-order chi connectivity index (χ1) is 17.4. The predicted octanol–water partition coefficient (Wildman–Crippen LogP) is 1.09. The number of fused-ring (bicyclic) bond motifs is 2. The number of carbonyl (C=O) groups is 3. The molecule has 1 N–H and O–H groups in total. The molecule has 2 aromatic heterocycles. The first-order valence-electron chi connectivity index (χ1n) is 11.5. The molecule has 0 spiro atoms. The number of hydrogen-bond donors (Lipinski definition) is 1. The molecule has 0 radical (unpaired) electrons. The zero-order valence-electron chi connectivity index (χ0n) is 19.3. The Morgan fingerprint density at radius 1 is 1.06 bits per heavy atom. The van der Waals surface area contributed by atoms with Gasteiger partial charge < -0.3 is 4.90 Å². The Hall–Kier alpha value is -4.67. The van der Waals surface area contributed by atoms with E-state index in [-0.39, 0.29) is 36.9 Å². The number of hydrogen-bond acceptors (Lipinski definition) is 7. The quantitative estimate of drug-likeness (QED) is 0.430. The minimum Gasteiger partial charge on any atom is -0.322 e. The van der Waals surface area contributed by atoms with Gasteiger partial charge in [0.05, 0.1) is 29.3 Å². The van der Waals surface area contributed by atoms with Crippen LogP contribution in [0.15, 0.2) is 53.5 Å². The summed E-state index contributed by atoms with van der Waals surface area (Å²) in [7, 11) is 0. The van der Waals surface area contributed by atoms with Crippen molar-refractivity contribution in [2.45, 2.75) is 38.9 Å². The Bertz CT molecular complexity index is 1640. The van der Waals surface area contributed by atoms with Crippen LogP contribution >= 0.6 is 0 Å². The highest BCUT2D eigenvalue weighted by Gasteiger charge is 2.40. The topological polar surface area (TPSA) is 132 Å². The third-order valence-corrected chi connectivity index (χ3v) is 6.72. The van der Waals surface area contributed by atoms with Crippen LogP contribution in [0.3, 0.4) is 0 Å². The van der Waals surface area contributed by atoms with Crippen LogP contribution in [0.4, 0.5) is 0 Å². The van der Waals surface area contributed by atoms with E-state index in [4.69, 9.17) is 0 Å². The van der Waals surface area contributed by atoms with Gasteiger partial charge in [0.1, 0.15) is 17.6 Å². The summed E-state index contributed by atoms with van der Waals surface area (Å²) in [5.74, 6) is -0.473. The highest BCUT2D eigenvalue weighted by atomic mass is 16.2. The third kappa shape index (κ3) is 3.47. The van der Waals surface area contributed by atoms with Gasteiger partial charge in [0.25, 0.3) is 11.5 Å². The van der Waals surface area contributed by atoms with Gasteiger partial charge in [0.15, 0.2) is 0 Å². The summed E-state index contributed by atoms with van der Waals surface area (Å²) in [6.07, 6.45) is 2.20. The fourth-order valence-electron chi connectivity index (χ4n) is 4.90. The summed E-state index contributed by atoms with van der Waals surface area (Å²) in [6, 6.07) is 11.8. The summed E-state index contributed by atoms with van der Waals surface area (Å²) in [4.78, 5) is 56.1. The van der Waals surface area contributed by atoms with Gasteiger partial charge in [-0.2, -0.15) is 0 Å². The minimum atomic E-state index is -0.697. The summed E-state index contributed by atoms with van der Waals surface area (Å²) in [5.41, 5.74) is 2.92. The van der Waals surface area contributed by atoms with E-state index in [2.05, 4.69) is 20.6 Å². The largest absolute Gasteiger partial charge is 0.322 e. The van der Waals surface area contributed by atoms with Crippen molar-refractivity contribution in [3.05, 3.63) is 81.7 Å². The number of carbonyl (C=O) groups excluding carboxylic acids is 3. The number of rotatable bonds is 4. The maximum absolute atomic E-state index is 13.1. The van der Waals surface area contributed by atoms with Crippen molar-refractivity contribution in [3.63, 3.8) is 0 Å². The summed E-state index contributed by atoms with van der Waals surface area (Å²) in [5, 5.41) is 11.3. The van der Waals surface area contributed by atoms with Gasteiger partial charge in [-0.25, -0.2) is 9.67 Å². The summed E-state index contributed by atoms with van der Waals surface area (Å²) in [6.45, 7) is 2.19. The number of nitrogens with one attached hydrogen (secondary N) is 1. The molecule has 0 bridgehead atoms. The zero-order valence-corrected chi connectivity index (χ0v) is 19.3. The number of para-hydroxylation sites is 1. The van der Waals surface area contributed by atoms with E-state index >= 15 is 0 Å². The molecular weight excluding hydrogens is 462 g/mol. The molecule has 2 aromatic carbocycles. The molecule has 0 aliphatic carbocycles. The predicted molar refractivity (Wildman–Crippen MR) is 127 cm³/mol. The Kier molecular flexibility index (Phi) is 4.99. The van der Waals surface area contributed by atoms with E-state index in [1.807, 2.05) is 12.1 Å². The second-order valence-corrected chi connectivity index (χ2v) is 8.93. The molecule has 11 heteroatoms. The molecular formula is C25H21N7O4. The fourth-order valence-corrected chi connectivity index (χ4v) is 4.90. The van der Waals surface area contributed by atoms with Crippen LogP contribution in [0.25, 0.3) is 16.6 Å². The lowest BCUT2D eigenvalue weighted by atomic mass is 10.0. The standard InChI is InChI=1S/C25H21N7O4/c1-14-26-19-7-3-2-5-17(19)25(36)30(14)11-15-12-32(29-28-15)20-8-4-6-16-18(20)13-31(24(16)35)21-9-10-22(33)27-23(21)34/h2-8,12,21H,9-11,13H2,1H3,(H,27,33,34). The molecule has 1 unspecified atom stereocenters. The van der Waals surface area contributed by atoms with Gasteiger partial charge in [-0.3, -0.25) is 29.1 Å². The van der Waals surface area contributed by atoms with Crippen LogP contribution in [0, 0.1) is 6.92 Å². The van der Waals surface area contributed by atoms with Gasteiger partial charge in [-0.1, -0.05) is 23.4 Å². The van der Waals surface area contributed by atoms with Crippen molar-refractivity contribution in [2.75, 3.05) is 0 Å². The van der Waals surface area contributed by atoms with Crippen molar-refractivity contribution >= 4 is 28.6 Å². The van der Waals surface area contributed by atoms with Crippen LogP contribution in [-0.2, 0) is 22.7 Å². The average Bonchev–Trinajstić information content (AvgIpc) is 3.46. The first-order valence-corrected chi connectivity index (χ1v) is 11.5. The van der Waals surface area contributed by atoms with Crippen molar-refractivity contribution < 1.29 is 14.4 Å². The Morgan fingerprint density at radius 2 is 1.89 bits per heavy atom. The van der Waals surface area contributed by atoms with Crippen molar-refractivity contribution in [1.29, 1.82) is 0 Å². The smallest absolute Gasteiger partial charge is 0.261 e. The number of amides is 3. The maximum Gasteiger partial charge on any atom is 0.261 e. The summed E-state index contributed by atoms with van der Waals surface area (Å²) < 4.78 is 3.13. The second kappa shape index (κ2) is 8.22. The summed E-state index contributed by atoms with van der Waals surface area (Å²) >= 11 is 0. The van der Waals surface area contributed by atoms with Crippen LogP contribution in [0.1, 0.15) is 40.3 Å². The molecule has 4 heterocycles. The van der Waals surface area contributed by atoms with Gasteiger partial charge in [-0.05, 0) is 37.6 Å². The van der Waals surface area contributed by atoms with Gasteiger partial charge in [0.2, 0.25) is 11.8 Å². The number of nitrogens with zero attached hydrogens (tertiary/aromatic N) is 6. The SMILES string of the molecule is Cc1nc2ccccc2c(=O)n1Cc1cn(-c2cccc3c2CN(C2CCC(=O)NC2=O)C3=O)nn1. The Labute approximate surface area is 204 Å². The maximum atomic E-state index is 13.1. The van der Waals surface area contributed by atoms with Crippen molar-refractivity contribution in [3.8, 4) is 5.69 Å². The van der Waals surface area contributed by atoms with Gasteiger partial charge >= 0.3 is 0 Å². The normalized spacial score (nSPS) is 17.5. The Morgan fingerprint density at radius 3 is 2.72 bits per heavy atom. The number of aromatic nitrogens is 5. The molecule has 1 atom stereocenters. The molecule has 180 valence electrons. The number of aryl methyl sites for hydroxylation is 1. The number of benzene rings is 2. The van der Waals surface area contributed by atoms with Crippen molar-refractivity contribution in [1.82, 2.24) is 34.8 Å². The highest BCUT2D eigenvalue weighted by Crippen LogP contribution is 2.31. The van der Waals surface area contributed by atoms with Crippen LogP contribution in [-0.4, -0.2) is 53.2 Å². The lowest BCUT2D eigenvalue weighted by molar-refractivity contribution is -0.136. The molecule has 1 saturated heterocycles. The average molecular weight is 483 g/mol. The molecule has 1 fully saturated rings. The third-order valence-electron chi connectivity index (χ3n) is 6.72. The lowest BCUT2D eigenvalue weighted by Crippen LogP contribution is -2.52. The fraction of sp³-hybridized carbons (Fsp3) is 0.240. The first kappa shape index (κ1) is 21.8. The lowest BCUT2D eigenvalue weighted by Gasteiger charge is -2.29. The molecule has 36 heavy (non-hydrogen) atoms. The zero-order chi connectivity index (χ0) is 25.0. The van der Waals surface area contributed by atoms with Gasteiger partial charge in [-0.15, -0.1) is 5.10 Å².